The molecule has 0 radical (unpaired) electrons. The van der Waals surface area contributed by atoms with Gasteiger partial charge in [-0.3, -0.25) is 10.1 Å². The molecular formula is C21H30Cl2N2O5. The molecule has 1 saturated heterocycles. The van der Waals surface area contributed by atoms with Gasteiger partial charge >= 0.3 is 5.97 Å². The van der Waals surface area contributed by atoms with E-state index in [-0.39, 0.29) is 54.2 Å². The Bertz CT molecular complexity index is 855. The number of methoxy groups -OCH3 is 1. The average Bonchev–Trinajstić information content (AvgIpc) is 3.03. The van der Waals surface area contributed by atoms with E-state index in [2.05, 4.69) is 17.3 Å². The second kappa shape index (κ2) is 7.71. The van der Waals surface area contributed by atoms with Crippen LogP contribution in [0.4, 0.5) is 0 Å². The van der Waals surface area contributed by atoms with E-state index in [9.17, 15) is 15.0 Å². The van der Waals surface area contributed by atoms with Gasteiger partial charge in [0.15, 0.2) is 11.5 Å². The Labute approximate surface area is 188 Å². The number of nitrogens with one attached hydrogen (secondary N) is 1. The molecule has 5 rings (SSSR count). The number of carbonyl (C=O) groups is 1. The standard InChI is InChI=1S/C21H28N2O5.2ClH/c1-11(19(25)26)22-13-6-7-21(27-3)15-10-12-4-5-14(24)17-16(12)20(21,18(13)28-17)8-9-23(15)2;;/h4-5,11,13,15,18,22,24H,6-10H2,1-3H3,(H,25,26);2*1H/t11-,13+,15+,18-,20-,21+;;/m0../s1. The molecule has 9 heteroatoms. The van der Waals surface area contributed by atoms with Crippen molar-refractivity contribution in [1.29, 1.82) is 0 Å². The van der Waals surface area contributed by atoms with Gasteiger partial charge in [-0.25, -0.2) is 0 Å². The fraction of sp³-hybridized carbons (Fsp3) is 0.667. The number of aliphatic carboxylic acids is 1. The molecule has 30 heavy (non-hydrogen) atoms. The van der Waals surface area contributed by atoms with Crippen LogP contribution in [-0.4, -0.2) is 71.6 Å². The molecule has 0 unspecified atom stereocenters. The molecule has 2 fully saturated rings. The number of likely N-dealkylation sites (tertiary alicyclic amines) is 1. The summed E-state index contributed by atoms with van der Waals surface area (Å²) in [7, 11) is 3.96. The summed E-state index contributed by atoms with van der Waals surface area (Å²) in [5.41, 5.74) is 1.53. The smallest absolute Gasteiger partial charge is 0.320 e. The maximum Gasteiger partial charge on any atom is 0.320 e. The molecule has 4 aliphatic rings. The minimum atomic E-state index is -0.870. The van der Waals surface area contributed by atoms with Crippen LogP contribution in [0.15, 0.2) is 12.1 Å². The number of benzene rings is 1. The van der Waals surface area contributed by atoms with Gasteiger partial charge in [-0.15, -0.1) is 24.8 Å². The van der Waals surface area contributed by atoms with Crippen molar-refractivity contribution in [2.45, 2.75) is 67.9 Å². The lowest BCUT2D eigenvalue weighted by molar-refractivity contribution is -0.204. The monoisotopic (exact) mass is 460 g/mol. The first kappa shape index (κ1) is 23.4. The third kappa shape index (κ3) is 2.65. The molecule has 2 aliphatic carbocycles. The summed E-state index contributed by atoms with van der Waals surface area (Å²) in [4.78, 5) is 13.9. The number of carboxylic acids is 1. The van der Waals surface area contributed by atoms with Crippen LogP contribution in [0, 0.1) is 0 Å². The van der Waals surface area contributed by atoms with Gasteiger partial charge < -0.3 is 24.6 Å². The van der Waals surface area contributed by atoms with Gasteiger partial charge in [-0.05, 0) is 57.8 Å². The first-order chi connectivity index (χ1) is 13.4. The van der Waals surface area contributed by atoms with Crippen molar-refractivity contribution in [2.24, 2.45) is 0 Å². The van der Waals surface area contributed by atoms with E-state index >= 15 is 0 Å². The summed E-state index contributed by atoms with van der Waals surface area (Å²) < 4.78 is 12.8. The van der Waals surface area contributed by atoms with Crippen LogP contribution in [0.1, 0.15) is 37.3 Å². The fourth-order valence-corrected chi connectivity index (χ4v) is 6.70. The molecule has 1 aromatic carbocycles. The molecule has 1 saturated carbocycles. The van der Waals surface area contributed by atoms with Gasteiger partial charge in [0, 0.05) is 24.8 Å². The summed E-state index contributed by atoms with van der Waals surface area (Å²) in [6.07, 6.45) is 3.07. The van der Waals surface area contributed by atoms with E-state index in [1.165, 1.54) is 5.56 Å². The summed E-state index contributed by atoms with van der Waals surface area (Å²) in [6.45, 7) is 2.59. The first-order valence-electron chi connectivity index (χ1n) is 10.1. The predicted molar refractivity (Wildman–Crippen MR) is 116 cm³/mol. The number of hydrogen-bond donors (Lipinski definition) is 3. The number of carboxylic acid groups (broad SMARTS) is 1. The number of likely N-dealkylation sites (N-methyl/N-ethyl adjacent to an activating group) is 1. The highest BCUT2D eigenvalue weighted by molar-refractivity contribution is 5.85. The Kier molecular flexibility index (Phi) is 6.02. The topological polar surface area (TPSA) is 91.3 Å². The second-order valence-corrected chi connectivity index (χ2v) is 8.87. The average molecular weight is 461 g/mol. The fourth-order valence-electron chi connectivity index (χ4n) is 6.70. The Balaban J connectivity index is 0.00000128. The van der Waals surface area contributed by atoms with Crippen molar-refractivity contribution in [1.82, 2.24) is 10.2 Å². The van der Waals surface area contributed by atoms with Gasteiger partial charge in [-0.2, -0.15) is 0 Å². The highest BCUT2D eigenvalue weighted by atomic mass is 35.5. The third-order valence-electron chi connectivity index (χ3n) is 7.89. The molecule has 2 aliphatic heterocycles. The quantitative estimate of drug-likeness (QED) is 0.633. The minimum absolute atomic E-state index is 0. The zero-order valence-electron chi connectivity index (χ0n) is 17.4. The van der Waals surface area contributed by atoms with Gasteiger partial charge in [0.1, 0.15) is 12.1 Å². The highest BCUT2D eigenvalue weighted by Gasteiger charge is 2.73. The Morgan fingerprint density at radius 1 is 1.37 bits per heavy atom. The van der Waals surface area contributed by atoms with Crippen LogP contribution < -0.4 is 10.1 Å². The molecule has 0 amide bonds. The van der Waals surface area contributed by atoms with Crippen LogP contribution in [0.2, 0.25) is 0 Å². The number of nitrogens with zero attached hydrogens (tertiary/aromatic N) is 1. The van der Waals surface area contributed by atoms with Crippen molar-refractivity contribution >= 4 is 30.8 Å². The number of ether oxygens (including phenoxy) is 2. The Hall–Kier alpha value is -1.25. The van der Waals surface area contributed by atoms with Crippen molar-refractivity contribution in [3.8, 4) is 11.5 Å². The summed E-state index contributed by atoms with van der Waals surface area (Å²) in [5.74, 6) is -0.136. The van der Waals surface area contributed by atoms with Crippen LogP contribution in [0.5, 0.6) is 11.5 Å². The molecular weight excluding hydrogens is 431 g/mol. The van der Waals surface area contributed by atoms with E-state index in [4.69, 9.17) is 9.47 Å². The molecule has 0 aromatic heterocycles. The lowest BCUT2D eigenvalue weighted by atomic mass is 9.48. The predicted octanol–water partition coefficient (Wildman–Crippen LogP) is 2.11. The van der Waals surface area contributed by atoms with Crippen LogP contribution in [0.25, 0.3) is 0 Å². The van der Waals surface area contributed by atoms with E-state index < -0.39 is 17.6 Å². The summed E-state index contributed by atoms with van der Waals surface area (Å²) in [5, 5.41) is 23.3. The molecule has 7 nitrogen and oxygen atoms in total. The molecule has 2 bridgehead atoms. The van der Waals surface area contributed by atoms with Gasteiger partial charge in [0.05, 0.1) is 11.0 Å². The van der Waals surface area contributed by atoms with Gasteiger partial charge in [-0.1, -0.05) is 6.07 Å². The van der Waals surface area contributed by atoms with Gasteiger partial charge in [0.2, 0.25) is 0 Å². The minimum Gasteiger partial charge on any atom is -0.504 e. The molecule has 168 valence electrons. The zero-order valence-corrected chi connectivity index (χ0v) is 19.0. The first-order valence-corrected chi connectivity index (χ1v) is 10.1. The second-order valence-electron chi connectivity index (χ2n) is 8.87. The normalized spacial score (nSPS) is 36.6. The number of halogens is 2. The largest absolute Gasteiger partial charge is 0.504 e. The van der Waals surface area contributed by atoms with E-state index in [1.807, 2.05) is 6.07 Å². The molecule has 1 spiro atoms. The van der Waals surface area contributed by atoms with Crippen molar-refractivity contribution in [3.05, 3.63) is 23.3 Å². The number of phenols is 1. The van der Waals surface area contributed by atoms with Crippen molar-refractivity contribution in [3.63, 3.8) is 0 Å². The highest BCUT2D eigenvalue weighted by Crippen LogP contribution is 2.66. The lowest BCUT2D eigenvalue weighted by Crippen LogP contribution is -2.78. The van der Waals surface area contributed by atoms with E-state index in [1.54, 1.807) is 20.1 Å². The summed E-state index contributed by atoms with van der Waals surface area (Å²) in [6, 6.07) is 3.20. The zero-order chi connectivity index (χ0) is 19.8. The molecule has 3 N–H and O–H groups in total. The number of phenolic OH excluding ortho intramolecular Hbond substituents is 1. The SMILES string of the molecule is CO[C@@]12CC[C@@H](N[C@@H](C)C(=O)O)[C@@H]3Oc4c(O)ccc5c4[C@@]31CCN(C)[C@@H]2C5.Cl.Cl. The maximum absolute atomic E-state index is 11.5. The van der Waals surface area contributed by atoms with Crippen LogP contribution >= 0.6 is 24.8 Å². The molecule has 6 atom stereocenters. The molecule has 1 aromatic rings. The van der Waals surface area contributed by atoms with Crippen LogP contribution in [0.3, 0.4) is 0 Å². The van der Waals surface area contributed by atoms with E-state index in [0.717, 1.165) is 37.8 Å². The number of hydrogen-bond acceptors (Lipinski definition) is 6. The Morgan fingerprint density at radius 2 is 2.10 bits per heavy atom. The number of rotatable bonds is 4. The maximum atomic E-state index is 11.5. The van der Waals surface area contributed by atoms with Crippen LogP contribution in [-0.2, 0) is 21.4 Å². The molecule has 2 heterocycles. The van der Waals surface area contributed by atoms with Gasteiger partial charge in [0.25, 0.3) is 0 Å². The Morgan fingerprint density at radius 3 is 2.77 bits per heavy atom. The third-order valence-corrected chi connectivity index (χ3v) is 7.89. The number of aromatic hydroxyl groups is 1. The van der Waals surface area contributed by atoms with Crippen molar-refractivity contribution < 1.29 is 24.5 Å². The van der Waals surface area contributed by atoms with Crippen molar-refractivity contribution in [2.75, 3.05) is 20.7 Å². The lowest BCUT2D eigenvalue weighted by Gasteiger charge is -2.65. The number of piperidine rings is 1. The summed E-state index contributed by atoms with van der Waals surface area (Å²) >= 11 is 0. The van der Waals surface area contributed by atoms with E-state index in [0.29, 0.717) is 5.75 Å².